The molecule has 0 aliphatic heterocycles. The van der Waals surface area contributed by atoms with Gasteiger partial charge in [-0.15, -0.1) is 0 Å². The van der Waals surface area contributed by atoms with Crippen LogP contribution in [0.4, 0.5) is 10.1 Å². The lowest BCUT2D eigenvalue weighted by atomic mass is 10.1. The molecule has 1 N–H and O–H groups in total. The van der Waals surface area contributed by atoms with Crippen LogP contribution in [0.15, 0.2) is 34.8 Å². The summed E-state index contributed by atoms with van der Waals surface area (Å²) >= 11 is 3.34. The number of methoxy groups -OCH3 is 3. The summed E-state index contributed by atoms with van der Waals surface area (Å²) in [6.07, 6.45) is 0. The first-order valence-electron chi connectivity index (χ1n) is 6.57. The molecule has 0 radical (unpaired) electrons. The first-order valence-corrected chi connectivity index (χ1v) is 7.36. The van der Waals surface area contributed by atoms with Crippen molar-refractivity contribution in [3.63, 3.8) is 0 Å². The molecule has 0 heterocycles. The number of benzene rings is 2. The van der Waals surface area contributed by atoms with Crippen molar-refractivity contribution >= 4 is 27.5 Å². The van der Waals surface area contributed by atoms with Gasteiger partial charge in [-0.05, 0) is 46.3 Å². The number of amides is 1. The van der Waals surface area contributed by atoms with Gasteiger partial charge in [-0.1, -0.05) is 0 Å². The van der Waals surface area contributed by atoms with E-state index in [0.717, 1.165) is 0 Å². The van der Waals surface area contributed by atoms with Gasteiger partial charge in [-0.3, -0.25) is 4.79 Å². The molecule has 7 heteroatoms. The fraction of sp³-hybridized carbons (Fsp3) is 0.188. The summed E-state index contributed by atoms with van der Waals surface area (Å²) in [5.74, 6) is 0.299. The van der Waals surface area contributed by atoms with E-state index < -0.39 is 5.91 Å². The molecule has 1 amide bonds. The molecule has 0 aliphatic carbocycles. The Kier molecular flexibility index (Phi) is 5.44. The van der Waals surface area contributed by atoms with Gasteiger partial charge in [0.05, 0.1) is 31.4 Å². The van der Waals surface area contributed by atoms with Crippen LogP contribution in [0.2, 0.25) is 0 Å². The molecule has 2 rings (SSSR count). The second-order valence-corrected chi connectivity index (χ2v) is 5.26. The molecule has 0 bridgehead atoms. The minimum Gasteiger partial charge on any atom is -0.493 e. The van der Waals surface area contributed by atoms with E-state index in [0.29, 0.717) is 33.0 Å². The molecule has 0 unspecified atom stereocenters. The van der Waals surface area contributed by atoms with Crippen molar-refractivity contribution in [2.45, 2.75) is 0 Å². The molecule has 122 valence electrons. The van der Waals surface area contributed by atoms with Gasteiger partial charge < -0.3 is 19.5 Å². The van der Waals surface area contributed by atoms with Crippen LogP contribution < -0.4 is 19.5 Å². The zero-order valence-corrected chi connectivity index (χ0v) is 14.4. The Morgan fingerprint density at radius 3 is 2.17 bits per heavy atom. The minimum atomic E-state index is -0.400. The van der Waals surface area contributed by atoms with Gasteiger partial charge in [0.1, 0.15) is 5.82 Å². The van der Waals surface area contributed by atoms with Gasteiger partial charge >= 0.3 is 0 Å². The fourth-order valence-electron chi connectivity index (χ4n) is 2.02. The molecule has 2 aromatic carbocycles. The third kappa shape index (κ3) is 3.56. The fourth-order valence-corrected chi connectivity index (χ4v) is 2.65. The molecule has 0 aromatic heterocycles. The number of hydrogen-bond acceptors (Lipinski definition) is 4. The number of rotatable bonds is 5. The third-order valence-corrected chi connectivity index (χ3v) is 3.90. The Labute approximate surface area is 141 Å². The molecule has 0 spiro atoms. The van der Waals surface area contributed by atoms with Crippen LogP contribution in [-0.4, -0.2) is 27.2 Å². The lowest BCUT2D eigenvalue weighted by Gasteiger charge is -2.16. The highest BCUT2D eigenvalue weighted by molar-refractivity contribution is 9.10. The lowest BCUT2D eigenvalue weighted by Crippen LogP contribution is -2.13. The molecule has 2 aromatic rings. The van der Waals surface area contributed by atoms with Crippen LogP contribution >= 0.6 is 15.9 Å². The number of ether oxygens (including phenoxy) is 3. The Bertz CT molecular complexity index is 719. The predicted octanol–water partition coefficient (Wildman–Crippen LogP) is 3.87. The van der Waals surface area contributed by atoms with E-state index in [9.17, 15) is 9.18 Å². The van der Waals surface area contributed by atoms with Gasteiger partial charge in [0.15, 0.2) is 11.5 Å². The van der Waals surface area contributed by atoms with E-state index in [1.807, 2.05) is 0 Å². The second-order valence-electron chi connectivity index (χ2n) is 4.47. The van der Waals surface area contributed by atoms with Gasteiger partial charge in [0.2, 0.25) is 5.75 Å². The van der Waals surface area contributed by atoms with Gasteiger partial charge in [0, 0.05) is 5.69 Å². The Hall–Kier alpha value is -2.28. The topological polar surface area (TPSA) is 56.8 Å². The maximum absolute atomic E-state index is 12.9. The predicted molar refractivity (Wildman–Crippen MR) is 88.2 cm³/mol. The number of anilines is 1. The third-order valence-electron chi connectivity index (χ3n) is 3.12. The average molecular weight is 384 g/mol. The lowest BCUT2D eigenvalue weighted by molar-refractivity contribution is 0.102. The summed E-state index contributed by atoms with van der Waals surface area (Å²) in [4.78, 5) is 12.5. The van der Waals surface area contributed by atoms with Gasteiger partial charge in [-0.25, -0.2) is 4.39 Å². The molecule has 23 heavy (non-hydrogen) atoms. The van der Waals surface area contributed by atoms with E-state index in [1.54, 1.807) is 0 Å². The largest absolute Gasteiger partial charge is 0.493 e. The molecular formula is C16H15BrFNO4. The number of hydrogen-bond donors (Lipinski definition) is 1. The molecule has 0 saturated heterocycles. The highest BCUT2D eigenvalue weighted by Gasteiger charge is 2.22. The SMILES string of the molecule is COc1cc(C(=O)Nc2ccc(F)cc2)c(Br)c(OC)c1OC. The van der Waals surface area contributed by atoms with Crippen molar-refractivity contribution in [1.29, 1.82) is 0 Å². The molecule has 0 aliphatic rings. The summed E-state index contributed by atoms with van der Waals surface area (Å²) < 4.78 is 29.1. The summed E-state index contributed by atoms with van der Waals surface area (Å²) in [6, 6.07) is 7.00. The summed E-state index contributed by atoms with van der Waals surface area (Å²) in [5, 5.41) is 2.68. The summed E-state index contributed by atoms with van der Waals surface area (Å²) in [7, 11) is 4.40. The van der Waals surface area contributed by atoms with Crippen molar-refractivity contribution < 1.29 is 23.4 Å². The van der Waals surface area contributed by atoms with Crippen LogP contribution in [-0.2, 0) is 0 Å². The highest BCUT2D eigenvalue weighted by atomic mass is 79.9. The standard InChI is InChI=1S/C16H15BrFNO4/c1-21-12-8-11(13(17)15(23-3)14(12)22-2)16(20)19-10-6-4-9(18)5-7-10/h4-8H,1-3H3,(H,19,20). The van der Waals surface area contributed by atoms with Crippen LogP contribution in [0.25, 0.3) is 0 Å². The minimum absolute atomic E-state index is 0.295. The number of carbonyl (C=O) groups excluding carboxylic acids is 1. The van der Waals surface area contributed by atoms with Gasteiger partial charge in [0.25, 0.3) is 5.91 Å². The van der Waals surface area contributed by atoms with Crippen molar-refractivity contribution in [3.05, 3.63) is 46.2 Å². The van der Waals surface area contributed by atoms with E-state index in [4.69, 9.17) is 14.2 Å². The monoisotopic (exact) mass is 383 g/mol. The highest BCUT2D eigenvalue weighted by Crippen LogP contribution is 2.44. The van der Waals surface area contributed by atoms with Crippen molar-refractivity contribution in [2.24, 2.45) is 0 Å². The maximum atomic E-state index is 12.9. The van der Waals surface area contributed by atoms with Crippen LogP contribution in [0.1, 0.15) is 10.4 Å². The van der Waals surface area contributed by atoms with Crippen molar-refractivity contribution in [3.8, 4) is 17.2 Å². The zero-order valence-electron chi connectivity index (χ0n) is 12.8. The molecular weight excluding hydrogens is 369 g/mol. The van der Waals surface area contributed by atoms with E-state index in [2.05, 4.69) is 21.2 Å². The normalized spacial score (nSPS) is 10.1. The number of halogens is 2. The molecule has 0 atom stereocenters. The zero-order chi connectivity index (χ0) is 17.0. The van der Waals surface area contributed by atoms with Crippen LogP contribution in [0.5, 0.6) is 17.2 Å². The summed E-state index contributed by atoms with van der Waals surface area (Å²) in [5.41, 5.74) is 0.765. The first-order chi connectivity index (χ1) is 11.0. The summed E-state index contributed by atoms with van der Waals surface area (Å²) in [6.45, 7) is 0. The molecule has 0 fully saturated rings. The smallest absolute Gasteiger partial charge is 0.257 e. The number of nitrogens with one attached hydrogen (secondary N) is 1. The molecule has 5 nitrogen and oxygen atoms in total. The molecule has 0 saturated carbocycles. The van der Waals surface area contributed by atoms with Crippen molar-refractivity contribution in [2.75, 3.05) is 26.6 Å². The average Bonchev–Trinajstić information content (AvgIpc) is 2.56. The van der Waals surface area contributed by atoms with Gasteiger partial charge in [-0.2, -0.15) is 0 Å². The Morgan fingerprint density at radius 1 is 1.04 bits per heavy atom. The van der Waals surface area contributed by atoms with Crippen molar-refractivity contribution in [1.82, 2.24) is 0 Å². The quantitative estimate of drug-likeness (QED) is 0.851. The van der Waals surface area contributed by atoms with E-state index in [-0.39, 0.29) is 5.82 Å². The Morgan fingerprint density at radius 2 is 1.65 bits per heavy atom. The second kappa shape index (κ2) is 7.32. The maximum Gasteiger partial charge on any atom is 0.257 e. The van der Waals surface area contributed by atoms with Crippen LogP contribution in [0.3, 0.4) is 0 Å². The Balaban J connectivity index is 2.41. The first kappa shape index (κ1) is 17.1. The van der Waals surface area contributed by atoms with Crippen LogP contribution in [0, 0.1) is 5.82 Å². The van der Waals surface area contributed by atoms with E-state index >= 15 is 0 Å². The number of carbonyl (C=O) groups is 1. The van der Waals surface area contributed by atoms with E-state index in [1.165, 1.54) is 51.7 Å².